The highest BCUT2D eigenvalue weighted by molar-refractivity contribution is 5.84. The molecule has 0 bridgehead atoms. The average Bonchev–Trinajstić information content (AvgIpc) is 3.16. The molecular weight excluding hydrogens is 320 g/mol. The molecule has 1 fully saturated rings. The molecule has 7 heteroatoms. The smallest absolute Gasteiger partial charge is 0.247 e. The third-order valence-corrected chi connectivity index (χ3v) is 4.93. The van der Waals surface area contributed by atoms with Crippen LogP contribution in [-0.2, 0) is 22.4 Å². The summed E-state index contributed by atoms with van der Waals surface area (Å²) < 4.78 is 11.4. The fraction of sp³-hybridized carbons (Fsp3) is 0.556. The van der Waals surface area contributed by atoms with Crippen LogP contribution < -0.4 is 0 Å². The van der Waals surface area contributed by atoms with Crippen molar-refractivity contribution < 1.29 is 13.9 Å². The predicted molar refractivity (Wildman–Crippen MR) is 88.9 cm³/mol. The summed E-state index contributed by atoms with van der Waals surface area (Å²) in [6.07, 6.45) is 4.99. The summed E-state index contributed by atoms with van der Waals surface area (Å²) in [6.45, 7) is 3.47. The Balaban J connectivity index is 1.51. The van der Waals surface area contributed by atoms with E-state index in [1.54, 1.807) is 6.20 Å². The first-order valence-electron chi connectivity index (χ1n) is 8.92. The Bertz CT molecular complexity index is 760. The van der Waals surface area contributed by atoms with Crippen molar-refractivity contribution >= 4 is 5.91 Å². The van der Waals surface area contributed by atoms with Gasteiger partial charge in [0.15, 0.2) is 6.10 Å². The lowest BCUT2D eigenvalue weighted by Crippen LogP contribution is -2.45. The van der Waals surface area contributed by atoms with E-state index >= 15 is 0 Å². The molecule has 2 atom stereocenters. The fourth-order valence-electron chi connectivity index (χ4n) is 3.61. The standard InChI is InChI=1S/C18H22N4O3/c1-2-15-20-21-17(25-15)14-11-22(9-10-24-14)18(23)13-7-3-5-12-6-4-8-19-16(12)13/h4,6,8,13-14H,2-3,5,7,9-11H2,1H3/t13-,14-/m0/s1. The maximum absolute atomic E-state index is 13.1. The summed E-state index contributed by atoms with van der Waals surface area (Å²) in [5, 5.41) is 8.05. The highest BCUT2D eigenvalue weighted by atomic mass is 16.5. The number of aromatic nitrogens is 3. The molecule has 0 unspecified atom stereocenters. The van der Waals surface area contributed by atoms with Crippen molar-refractivity contribution in [1.29, 1.82) is 0 Å². The number of hydrogen-bond acceptors (Lipinski definition) is 6. The molecule has 3 heterocycles. The Labute approximate surface area is 146 Å². The molecule has 1 aliphatic heterocycles. The van der Waals surface area contributed by atoms with E-state index in [1.807, 2.05) is 17.9 Å². The number of aryl methyl sites for hydroxylation is 2. The topological polar surface area (TPSA) is 81.4 Å². The minimum Gasteiger partial charge on any atom is -0.422 e. The van der Waals surface area contributed by atoms with Gasteiger partial charge in [-0.2, -0.15) is 0 Å². The quantitative estimate of drug-likeness (QED) is 0.849. The SMILES string of the molecule is CCc1nnc([C@@H]2CN(C(=O)[C@H]3CCCc4cccnc43)CCO2)o1. The lowest BCUT2D eigenvalue weighted by molar-refractivity contribution is -0.142. The molecule has 0 aromatic carbocycles. The van der Waals surface area contributed by atoms with Gasteiger partial charge in [-0.15, -0.1) is 10.2 Å². The first-order chi connectivity index (χ1) is 12.3. The minimum absolute atomic E-state index is 0.128. The number of carbonyl (C=O) groups is 1. The number of fused-ring (bicyclic) bond motifs is 1. The van der Waals surface area contributed by atoms with Crippen LogP contribution in [0.25, 0.3) is 0 Å². The summed E-state index contributed by atoms with van der Waals surface area (Å²) in [5.41, 5.74) is 2.13. The molecule has 0 spiro atoms. The van der Waals surface area contributed by atoms with Gasteiger partial charge in [0, 0.05) is 19.2 Å². The Morgan fingerprint density at radius 2 is 2.32 bits per heavy atom. The van der Waals surface area contributed by atoms with Gasteiger partial charge in [-0.1, -0.05) is 13.0 Å². The van der Waals surface area contributed by atoms with Gasteiger partial charge in [0.1, 0.15) is 0 Å². The molecular formula is C18H22N4O3. The normalized spacial score (nSPS) is 23.3. The van der Waals surface area contributed by atoms with Crippen molar-refractivity contribution in [3.05, 3.63) is 41.4 Å². The number of nitrogens with zero attached hydrogens (tertiary/aromatic N) is 4. The summed E-state index contributed by atoms with van der Waals surface area (Å²) in [6, 6.07) is 4.02. The van der Waals surface area contributed by atoms with Gasteiger partial charge in [-0.3, -0.25) is 9.78 Å². The maximum Gasteiger partial charge on any atom is 0.247 e. The number of hydrogen-bond donors (Lipinski definition) is 0. The van der Waals surface area contributed by atoms with E-state index in [0.717, 1.165) is 25.0 Å². The van der Waals surface area contributed by atoms with E-state index in [1.165, 1.54) is 5.56 Å². The zero-order valence-corrected chi connectivity index (χ0v) is 14.4. The molecule has 4 rings (SSSR count). The molecule has 2 aromatic heterocycles. The number of morpholine rings is 1. The maximum atomic E-state index is 13.1. The van der Waals surface area contributed by atoms with Crippen LogP contribution in [0, 0.1) is 0 Å². The minimum atomic E-state index is -0.350. The highest BCUT2D eigenvalue weighted by Crippen LogP contribution is 2.32. The predicted octanol–water partition coefficient (Wildman–Crippen LogP) is 2.05. The third-order valence-electron chi connectivity index (χ3n) is 4.93. The number of amides is 1. The molecule has 0 N–H and O–H groups in total. The van der Waals surface area contributed by atoms with Gasteiger partial charge in [-0.25, -0.2) is 0 Å². The van der Waals surface area contributed by atoms with Crippen molar-refractivity contribution in [2.75, 3.05) is 19.7 Å². The van der Waals surface area contributed by atoms with E-state index in [-0.39, 0.29) is 17.9 Å². The Morgan fingerprint density at radius 1 is 1.40 bits per heavy atom. The molecule has 1 amide bonds. The molecule has 132 valence electrons. The van der Waals surface area contributed by atoms with Crippen molar-refractivity contribution in [3.63, 3.8) is 0 Å². The zero-order valence-electron chi connectivity index (χ0n) is 14.4. The summed E-state index contributed by atoms with van der Waals surface area (Å²) in [4.78, 5) is 19.5. The van der Waals surface area contributed by atoms with Crippen LogP contribution in [-0.4, -0.2) is 45.7 Å². The number of pyridine rings is 1. The Hall–Kier alpha value is -2.28. The molecule has 7 nitrogen and oxygen atoms in total. The largest absolute Gasteiger partial charge is 0.422 e. The van der Waals surface area contributed by atoms with E-state index in [0.29, 0.717) is 37.9 Å². The van der Waals surface area contributed by atoms with Gasteiger partial charge in [-0.05, 0) is 30.9 Å². The molecule has 0 radical (unpaired) electrons. The molecule has 0 saturated carbocycles. The third kappa shape index (κ3) is 3.16. The van der Waals surface area contributed by atoms with Gasteiger partial charge < -0.3 is 14.1 Å². The lowest BCUT2D eigenvalue weighted by atomic mass is 9.85. The van der Waals surface area contributed by atoms with Crippen LogP contribution in [0.5, 0.6) is 0 Å². The highest BCUT2D eigenvalue weighted by Gasteiger charge is 2.35. The first kappa shape index (κ1) is 16.2. The summed E-state index contributed by atoms with van der Waals surface area (Å²) in [5.74, 6) is 1.02. The lowest BCUT2D eigenvalue weighted by Gasteiger charge is -2.35. The van der Waals surface area contributed by atoms with Crippen molar-refractivity contribution in [2.24, 2.45) is 0 Å². The van der Waals surface area contributed by atoms with Gasteiger partial charge in [0.05, 0.1) is 24.8 Å². The van der Waals surface area contributed by atoms with Crippen LogP contribution in [0.3, 0.4) is 0 Å². The van der Waals surface area contributed by atoms with Crippen LogP contribution >= 0.6 is 0 Å². The number of ether oxygens (including phenoxy) is 1. The second-order valence-electron chi connectivity index (χ2n) is 6.52. The summed E-state index contributed by atoms with van der Waals surface area (Å²) >= 11 is 0. The number of rotatable bonds is 3. The second kappa shape index (κ2) is 6.92. The van der Waals surface area contributed by atoms with Crippen molar-refractivity contribution in [2.45, 2.75) is 44.6 Å². The second-order valence-corrected chi connectivity index (χ2v) is 6.52. The number of carbonyl (C=O) groups excluding carboxylic acids is 1. The molecule has 2 aromatic rings. The molecule has 2 aliphatic rings. The van der Waals surface area contributed by atoms with Gasteiger partial charge in [0.2, 0.25) is 17.7 Å². The Morgan fingerprint density at radius 3 is 3.16 bits per heavy atom. The van der Waals surface area contributed by atoms with Crippen molar-refractivity contribution in [3.8, 4) is 0 Å². The first-order valence-corrected chi connectivity index (χ1v) is 8.92. The summed E-state index contributed by atoms with van der Waals surface area (Å²) in [7, 11) is 0. The van der Waals surface area contributed by atoms with E-state index in [4.69, 9.17) is 9.15 Å². The fourth-order valence-corrected chi connectivity index (χ4v) is 3.61. The molecule has 1 aliphatic carbocycles. The van der Waals surface area contributed by atoms with E-state index in [2.05, 4.69) is 21.2 Å². The van der Waals surface area contributed by atoms with Crippen LogP contribution in [0.4, 0.5) is 0 Å². The van der Waals surface area contributed by atoms with E-state index in [9.17, 15) is 4.79 Å². The van der Waals surface area contributed by atoms with Crippen LogP contribution in [0.1, 0.15) is 54.8 Å². The molecule has 25 heavy (non-hydrogen) atoms. The average molecular weight is 342 g/mol. The molecule has 1 saturated heterocycles. The van der Waals surface area contributed by atoms with Gasteiger partial charge in [0.25, 0.3) is 0 Å². The monoisotopic (exact) mass is 342 g/mol. The van der Waals surface area contributed by atoms with Gasteiger partial charge >= 0.3 is 0 Å². The Kier molecular flexibility index (Phi) is 4.48. The van der Waals surface area contributed by atoms with E-state index < -0.39 is 0 Å². The van der Waals surface area contributed by atoms with Crippen LogP contribution in [0.2, 0.25) is 0 Å². The zero-order chi connectivity index (χ0) is 17.2. The van der Waals surface area contributed by atoms with Crippen LogP contribution in [0.15, 0.2) is 22.7 Å². The van der Waals surface area contributed by atoms with Crippen molar-refractivity contribution in [1.82, 2.24) is 20.1 Å².